The van der Waals surface area contributed by atoms with Crippen LogP contribution in [0.3, 0.4) is 0 Å². The van der Waals surface area contributed by atoms with Crippen molar-refractivity contribution in [1.29, 1.82) is 0 Å². The molecule has 1 unspecified atom stereocenters. The minimum Gasteiger partial charge on any atom is -0.469 e. The second-order valence-electron chi connectivity index (χ2n) is 7.28. The Bertz CT molecular complexity index is 606. The first-order valence-electron chi connectivity index (χ1n) is 10.3. The van der Waals surface area contributed by atoms with Gasteiger partial charge >= 0.3 is 6.09 Å². The molecule has 8 nitrogen and oxygen atoms in total. The monoisotopic (exact) mass is 392 g/mol. The normalized spacial score (nSPS) is 21.0. The number of rotatable bonds is 7. The predicted octanol–water partition coefficient (Wildman–Crippen LogP) is 2.01. The molecule has 156 valence electrons. The first kappa shape index (κ1) is 20.5. The van der Waals surface area contributed by atoms with Crippen LogP contribution in [0.25, 0.3) is 0 Å². The molecule has 3 rings (SSSR count). The molecule has 1 atom stereocenters. The van der Waals surface area contributed by atoms with Gasteiger partial charge in [0.2, 0.25) is 0 Å². The molecule has 1 aromatic rings. The fourth-order valence-electron chi connectivity index (χ4n) is 3.47. The standard InChI is InChI=1S/C20H32N4O4/c1-2-27-20(25)24-10-6-17(7-11-24)23-19(22-14-16-8-13-26-15-16)21-9-5-18-4-3-12-28-18/h3-4,12,16-17H,2,5-11,13-15H2,1H3,(H2,21,22,23). The Morgan fingerprint density at radius 1 is 1.36 bits per heavy atom. The van der Waals surface area contributed by atoms with Gasteiger partial charge in [0.1, 0.15) is 5.76 Å². The second kappa shape index (κ2) is 10.9. The van der Waals surface area contributed by atoms with E-state index in [1.165, 1.54) is 0 Å². The topological polar surface area (TPSA) is 88.3 Å². The van der Waals surface area contributed by atoms with Crippen LogP contribution in [0.5, 0.6) is 0 Å². The Morgan fingerprint density at radius 3 is 2.89 bits per heavy atom. The summed E-state index contributed by atoms with van der Waals surface area (Å²) in [5.74, 6) is 2.28. The maximum Gasteiger partial charge on any atom is 0.409 e. The molecule has 0 aliphatic carbocycles. The smallest absolute Gasteiger partial charge is 0.409 e. The number of nitrogens with zero attached hydrogens (tertiary/aromatic N) is 2. The molecule has 3 heterocycles. The molecule has 0 bridgehead atoms. The molecule has 0 spiro atoms. The third-order valence-electron chi connectivity index (χ3n) is 5.14. The van der Waals surface area contributed by atoms with Crippen LogP contribution in [0.1, 0.15) is 31.9 Å². The summed E-state index contributed by atoms with van der Waals surface area (Å²) in [5.41, 5.74) is 0. The first-order chi connectivity index (χ1) is 13.7. The van der Waals surface area contributed by atoms with E-state index in [0.717, 1.165) is 63.7 Å². The van der Waals surface area contributed by atoms with Crippen molar-refractivity contribution in [1.82, 2.24) is 15.5 Å². The van der Waals surface area contributed by atoms with Crippen molar-refractivity contribution >= 4 is 12.1 Å². The van der Waals surface area contributed by atoms with Crippen LogP contribution in [0.4, 0.5) is 4.79 Å². The molecule has 0 saturated carbocycles. The fourth-order valence-corrected chi connectivity index (χ4v) is 3.47. The van der Waals surface area contributed by atoms with Gasteiger partial charge in [-0.1, -0.05) is 0 Å². The lowest BCUT2D eigenvalue weighted by molar-refractivity contribution is 0.0963. The van der Waals surface area contributed by atoms with Gasteiger partial charge in [-0.2, -0.15) is 0 Å². The van der Waals surface area contributed by atoms with Crippen molar-refractivity contribution in [3.63, 3.8) is 0 Å². The highest BCUT2D eigenvalue weighted by Gasteiger charge is 2.24. The van der Waals surface area contributed by atoms with Crippen molar-refractivity contribution in [3.05, 3.63) is 24.2 Å². The van der Waals surface area contributed by atoms with E-state index in [1.54, 1.807) is 11.2 Å². The molecule has 2 aliphatic rings. The Morgan fingerprint density at radius 2 is 2.21 bits per heavy atom. The second-order valence-corrected chi connectivity index (χ2v) is 7.28. The molecule has 2 aliphatic heterocycles. The van der Waals surface area contributed by atoms with E-state index in [-0.39, 0.29) is 6.09 Å². The number of hydrogen-bond donors (Lipinski definition) is 2. The quantitative estimate of drug-likeness (QED) is 0.545. The molecule has 8 heteroatoms. The van der Waals surface area contributed by atoms with E-state index < -0.39 is 0 Å². The fraction of sp³-hybridized carbons (Fsp3) is 0.700. The summed E-state index contributed by atoms with van der Waals surface area (Å²) in [5, 5.41) is 6.96. The van der Waals surface area contributed by atoms with E-state index in [9.17, 15) is 4.79 Å². The molecule has 2 N–H and O–H groups in total. The summed E-state index contributed by atoms with van der Waals surface area (Å²) >= 11 is 0. The van der Waals surface area contributed by atoms with Crippen molar-refractivity contribution in [2.75, 3.05) is 46.0 Å². The molecule has 1 aromatic heterocycles. The van der Waals surface area contributed by atoms with Crippen LogP contribution in [-0.2, 0) is 15.9 Å². The lowest BCUT2D eigenvalue weighted by Crippen LogP contribution is -2.50. The molecule has 2 fully saturated rings. The van der Waals surface area contributed by atoms with Crippen molar-refractivity contribution in [2.24, 2.45) is 10.9 Å². The molecular formula is C20H32N4O4. The molecule has 2 saturated heterocycles. The average molecular weight is 393 g/mol. The van der Waals surface area contributed by atoms with Gasteiger partial charge in [-0.25, -0.2) is 4.79 Å². The van der Waals surface area contributed by atoms with E-state index in [0.29, 0.717) is 31.7 Å². The Balaban J connectivity index is 1.48. The summed E-state index contributed by atoms with van der Waals surface area (Å²) in [6.07, 6.45) is 5.12. The highest BCUT2D eigenvalue weighted by atomic mass is 16.6. The number of carbonyl (C=O) groups is 1. The number of piperidine rings is 1. The summed E-state index contributed by atoms with van der Waals surface area (Å²) in [6.45, 7) is 6.79. The number of aliphatic imine (C=N–C) groups is 1. The van der Waals surface area contributed by atoms with Crippen molar-refractivity contribution in [3.8, 4) is 0 Å². The maximum absolute atomic E-state index is 11.9. The third kappa shape index (κ3) is 6.44. The number of guanidine groups is 1. The van der Waals surface area contributed by atoms with Crippen LogP contribution < -0.4 is 10.6 Å². The number of nitrogens with one attached hydrogen (secondary N) is 2. The Labute approximate surface area is 166 Å². The van der Waals surface area contributed by atoms with Gasteiger partial charge in [-0.15, -0.1) is 0 Å². The summed E-state index contributed by atoms with van der Waals surface area (Å²) in [4.78, 5) is 18.4. The van der Waals surface area contributed by atoms with Crippen LogP contribution in [0, 0.1) is 5.92 Å². The molecule has 1 amide bonds. The molecule has 28 heavy (non-hydrogen) atoms. The summed E-state index contributed by atoms with van der Waals surface area (Å²) < 4.78 is 15.9. The number of hydrogen-bond acceptors (Lipinski definition) is 5. The minimum absolute atomic E-state index is 0.215. The van der Waals surface area contributed by atoms with Gasteiger partial charge in [-0.3, -0.25) is 4.99 Å². The van der Waals surface area contributed by atoms with Gasteiger partial charge in [0.15, 0.2) is 5.96 Å². The number of carbonyl (C=O) groups excluding carboxylic acids is 1. The van der Waals surface area contributed by atoms with Crippen LogP contribution >= 0.6 is 0 Å². The van der Waals surface area contributed by atoms with Gasteiger partial charge in [0.05, 0.1) is 19.5 Å². The van der Waals surface area contributed by atoms with Gasteiger partial charge in [0.25, 0.3) is 0 Å². The summed E-state index contributed by atoms with van der Waals surface area (Å²) in [6, 6.07) is 4.17. The number of ether oxygens (including phenoxy) is 2. The number of likely N-dealkylation sites (tertiary alicyclic amines) is 1. The lowest BCUT2D eigenvalue weighted by atomic mass is 10.1. The van der Waals surface area contributed by atoms with Crippen LogP contribution in [0.2, 0.25) is 0 Å². The van der Waals surface area contributed by atoms with Crippen molar-refractivity contribution < 1.29 is 18.7 Å². The molecular weight excluding hydrogens is 360 g/mol. The summed E-state index contributed by atoms with van der Waals surface area (Å²) in [7, 11) is 0. The van der Waals surface area contributed by atoms with Gasteiger partial charge in [0, 0.05) is 51.2 Å². The van der Waals surface area contributed by atoms with E-state index in [4.69, 9.17) is 18.9 Å². The van der Waals surface area contributed by atoms with E-state index >= 15 is 0 Å². The SMILES string of the molecule is CCOC(=O)N1CCC(NC(=NCC2CCOC2)NCCc2ccco2)CC1. The largest absolute Gasteiger partial charge is 0.469 e. The third-order valence-corrected chi connectivity index (χ3v) is 5.14. The van der Waals surface area contributed by atoms with E-state index in [2.05, 4.69) is 10.6 Å². The van der Waals surface area contributed by atoms with Crippen LogP contribution in [-0.4, -0.2) is 69.0 Å². The minimum atomic E-state index is -0.215. The van der Waals surface area contributed by atoms with Gasteiger partial charge in [-0.05, 0) is 38.3 Å². The lowest BCUT2D eigenvalue weighted by Gasteiger charge is -2.32. The maximum atomic E-state index is 11.9. The van der Waals surface area contributed by atoms with Crippen LogP contribution in [0.15, 0.2) is 27.8 Å². The van der Waals surface area contributed by atoms with Gasteiger partial charge < -0.3 is 29.4 Å². The Kier molecular flexibility index (Phi) is 8.02. The van der Waals surface area contributed by atoms with Crippen molar-refractivity contribution in [2.45, 2.75) is 38.6 Å². The zero-order valence-electron chi connectivity index (χ0n) is 16.7. The highest BCUT2D eigenvalue weighted by Crippen LogP contribution is 2.13. The Hall–Kier alpha value is -2.22. The zero-order chi connectivity index (χ0) is 19.6. The molecule has 0 radical (unpaired) electrons. The molecule has 0 aromatic carbocycles. The predicted molar refractivity (Wildman–Crippen MR) is 106 cm³/mol. The average Bonchev–Trinajstić information content (AvgIpc) is 3.41. The highest BCUT2D eigenvalue weighted by molar-refractivity contribution is 5.80. The van der Waals surface area contributed by atoms with E-state index in [1.807, 2.05) is 19.1 Å². The zero-order valence-corrected chi connectivity index (χ0v) is 16.7. The number of amides is 1. The first-order valence-corrected chi connectivity index (χ1v) is 10.3. The number of furan rings is 1.